The van der Waals surface area contributed by atoms with Crippen molar-refractivity contribution in [1.29, 1.82) is 0 Å². The number of nitrogens with zero attached hydrogens (tertiary/aromatic N) is 2. The fourth-order valence-electron chi connectivity index (χ4n) is 0.253. The summed E-state index contributed by atoms with van der Waals surface area (Å²) in [6.07, 6.45) is 4.88. The summed E-state index contributed by atoms with van der Waals surface area (Å²) in [6.45, 7) is 1.94. The van der Waals surface area contributed by atoms with Gasteiger partial charge in [0.2, 0.25) is 0 Å². The third-order valence-electron chi connectivity index (χ3n) is 0.478. The molecule has 1 heterocycles. The Hall–Kier alpha value is 0.0200. The van der Waals surface area contributed by atoms with Gasteiger partial charge in [-0.15, -0.1) is 0 Å². The third-order valence-corrected chi connectivity index (χ3v) is 0.478. The van der Waals surface area contributed by atoms with Gasteiger partial charge in [0.05, 0.1) is 0 Å². The molecule has 8 heteroatoms. The van der Waals surface area contributed by atoms with Crippen LogP contribution in [0.25, 0.3) is 0 Å². The van der Waals surface area contributed by atoms with Crippen molar-refractivity contribution in [3.8, 4) is 0 Å². The molecule has 0 aromatic carbocycles. The predicted molar refractivity (Wildman–Crippen MR) is 43.4 cm³/mol. The minimum Gasteiger partial charge on any atom is -0.550 e. The maximum Gasteiger partial charge on any atom is 1.00 e. The van der Waals surface area contributed by atoms with E-state index in [1.807, 2.05) is 0 Å². The number of carbonyl (C=O) groups excluding carboxylic acids is 2. The van der Waals surface area contributed by atoms with Gasteiger partial charge < -0.3 is 19.8 Å². The molecule has 0 N–H and O–H groups in total. The van der Waals surface area contributed by atoms with E-state index in [9.17, 15) is 0 Å². The first-order chi connectivity index (χ1) is 6.46. The molecule has 16 heavy (non-hydrogen) atoms. The van der Waals surface area contributed by atoms with Crippen molar-refractivity contribution in [3.05, 3.63) is 24.8 Å². The second-order valence-corrected chi connectivity index (χ2v) is 1.89. The number of aromatic nitrogens is 2. The van der Waals surface area contributed by atoms with Gasteiger partial charge >= 0.3 is 59.1 Å². The van der Waals surface area contributed by atoms with Crippen molar-refractivity contribution in [1.82, 2.24) is 9.97 Å². The average Bonchev–Trinajstić information content (AvgIpc) is 2.05. The van der Waals surface area contributed by atoms with E-state index in [1.165, 1.54) is 6.33 Å². The van der Waals surface area contributed by atoms with E-state index in [1.54, 1.807) is 18.5 Å². The number of rotatable bonds is 0. The zero-order chi connectivity index (χ0) is 11.4. The zero-order valence-corrected chi connectivity index (χ0v) is 13.8. The second kappa shape index (κ2) is 20.4. The maximum atomic E-state index is 8.89. The average molecular weight is 244 g/mol. The fourth-order valence-corrected chi connectivity index (χ4v) is 0.253. The van der Waals surface area contributed by atoms with Crippen molar-refractivity contribution < 1.29 is 78.9 Å². The minimum atomic E-state index is -1.08. The smallest absolute Gasteiger partial charge is 0.550 e. The Balaban J connectivity index is -0.0000000660. The molecule has 0 aliphatic carbocycles. The van der Waals surface area contributed by atoms with Gasteiger partial charge in [-0.3, -0.25) is 0 Å². The van der Waals surface area contributed by atoms with Crippen LogP contribution >= 0.6 is 0 Å². The number of hydrogen-bond donors (Lipinski definition) is 0. The van der Waals surface area contributed by atoms with Crippen LogP contribution in [0.15, 0.2) is 24.8 Å². The number of aliphatic carboxylic acids is 2. The van der Waals surface area contributed by atoms with Gasteiger partial charge in [-0.1, -0.05) is 0 Å². The molecule has 1 aromatic rings. The molecule has 78 valence electrons. The first-order valence-electron chi connectivity index (χ1n) is 3.52. The Morgan fingerprint density at radius 3 is 1.25 bits per heavy atom. The Bertz CT molecular complexity index is 213. The molecule has 0 unspecified atom stereocenters. The molecule has 1 aromatic heterocycles. The van der Waals surface area contributed by atoms with E-state index in [-0.39, 0.29) is 59.1 Å². The van der Waals surface area contributed by atoms with Crippen molar-refractivity contribution in [2.45, 2.75) is 13.8 Å². The number of carboxylic acids is 2. The van der Waals surface area contributed by atoms with Crippen molar-refractivity contribution in [2.24, 2.45) is 0 Å². The van der Waals surface area contributed by atoms with Gasteiger partial charge in [-0.25, -0.2) is 9.97 Å². The van der Waals surface area contributed by atoms with Crippen LogP contribution in [0.3, 0.4) is 0 Å². The normalized spacial score (nSPS) is 6.12. The van der Waals surface area contributed by atoms with E-state index in [0.29, 0.717) is 0 Å². The van der Waals surface area contributed by atoms with Crippen LogP contribution in [0.2, 0.25) is 0 Å². The van der Waals surface area contributed by atoms with E-state index >= 15 is 0 Å². The third kappa shape index (κ3) is 65.6. The Labute approximate surface area is 138 Å². The van der Waals surface area contributed by atoms with Gasteiger partial charge in [0.1, 0.15) is 6.33 Å². The number of carboxylic acid groups (broad SMARTS) is 2. The summed E-state index contributed by atoms with van der Waals surface area (Å²) in [7, 11) is 0. The summed E-state index contributed by atoms with van der Waals surface area (Å²) in [6, 6.07) is 1.78. The van der Waals surface area contributed by atoms with Crippen LogP contribution in [0.1, 0.15) is 13.8 Å². The van der Waals surface area contributed by atoms with E-state index < -0.39 is 11.9 Å². The molecule has 1 rings (SSSR count). The fraction of sp³-hybridized carbons (Fsp3) is 0.250. The molecule has 0 amide bonds. The van der Waals surface area contributed by atoms with Crippen molar-refractivity contribution >= 4 is 11.9 Å². The monoisotopic (exact) mass is 244 g/mol. The van der Waals surface area contributed by atoms with Gasteiger partial charge in [0.25, 0.3) is 0 Å². The number of hydrogen-bond acceptors (Lipinski definition) is 6. The molecule has 0 aliphatic heterocycles. The molecule has 6 nitrogen and oxygen atoms in total. The van der Waals surface area contributed by atoms with Crippen LogP contribution in [0.5, 0.6) is 0 Å². The van der Waals surface area contributed by atoms with Crippen molar-refractivity contribution in [3.63, 3.8) is 0 Å². The molecule has 0 saturated heterocycles. The van der Waals surface area contributed by atoms with Crippen molar-refractivity contribution in [2.75, 3.05) is 0 Å². The summed E-state index contributed by atoms with van der Waals surface area (Å²) in [5.41, 5.74) is 0. The van der Waals surface area contributed by atoms with E-state index in [2.05, 4.69) is 9.97 Å². The van der Waals surface area contributed by atoms with E-state index in [4.69, 9.17) is 19.8 Å². The summed E-state index contributed by atoms with van der Waals surface area (Å²) in [5.74, 6) is -2.17. The molecule has 0 radical (unpaired) electrons. The SMILES string of the molecule is CC(=O)[O-].CC(=O)[O-].[Na+].[Na+].c1cncnc1. The minimum absolute atomic E-state index is 0. The zero-order valence-electron chi connectivity index (χ0n) is 9.84. The maximum absolute atomic E-state index is 8.89. The van der Waals surface area contributed by atoms with Gasteiger partial charge in [0.15, 0.2) is 0 Å². The van der Waals surface area contributed by atoms with Crippen LogP contribution in [-0.4, -0.2) is 21.9 Å². The summed E-state index contributed by atoms with van der Waals surface area (Å²) in [5, 5.41) is 17.8. The predicted octanol–water partition coefficient (Wildman–Crippen LogP) is -8.00. The molecule has 0 bridgehead atoms. The molecule has 0 spiro atoms. The standard InChI is InChI=1S/C4H4N2.2C2H4O2.2Na/c1-2-5-4-6-3-1;2*1-2(3)4;;/h1-4H;2*1H3,(H,3,4);;/q;;;2*+1/p-2. The molecular formula is C8H10N2Na2O4. The second-order valence-electron chi connectivity index (χ2n) is 1.89. The van der Waals surface area contributed by atoms with Crippen LogP contribution < -0.4 is 69.3 Å². The largest absolute Gasteiger partial charge is 1.00 e. The summed E-state index contributed by atoms with van der Waals surface area (Å²) in [4.78, 5) is 25.1. The summed E-state index contributed by atoms with van der Waals surface area (Å²) < 4.78 is 0. The van der Waals surface area contributed by atoms with Crippen LogP contribution in [0, 0.1) is 0 Å². The quantitative estimate of drug-likeness (QED) is 0.419. The van der Waals surface area contributed by atoms with Gasteiger partial charge in [0, 0.05) is 24.3 Å². The molecular weight excluding hydrogens is 234 g/mol. The number of carbonyl (C=O) groups is 2. The Morgan fingerprint density at radius 1 is 0.938 bits per heavy atom. The Kier molecular flexibility index (Phi) is 31.9. The van der Waals surface area contributed by atoms with Gasteiger partial charge in [-0.2, -0.15) is 0 Å². The van der Waals surface area contributed by atoms with Crippen LogP contribution in [-0.2, 0) is 9.59 Å². The molecule has 0 fully saturated rings. The molecule has 0 aliphatic rings. The van der Waals surface area contributed by atoms with E-state index in [0.717, 1.165) is 13.8 Å². The summed E-state index contributed by atoms with van der Waals surface area (Å²) >= 11 is 0. The molecule has 0 saturated carbocycles. The van der Waals surface area contributed by atoms with Crippen LogP contribution in [0.4, 0.5) is 0 Å². The molecule has 0 atom stereocenters. The first-order valence-corrected chi connectivity index (χ1v) is 3.52. The topological polar surface area (TPSA) is 106 Å². The van der Waals surface area contributed by atoms with Gasteiger partial charge in [-0.05, 0) is 19.9 Å². The first kappa shape index (κ1) is 25.0. The Morgan fingerprint density at radius 2 is 1.19 bits per heavy atom.